The van der Waals surface area contributed by atoms with Gasteiger partial charge in [0.1, 0.15) is 0 Å². The second-order valence-electron chi connectivity index (χ2n) is 10.4. The highest BCUT2D eigenvalue weighted by Crippen LogP contribution is 2.44. The Labute approximate surface area is 283 Å². The molecule has 6 aromatic carbocycles. The lowest BCUT2D eigenvalue weighted by Gasteiger charge is -2.20. The Morgan fingerprint density at radius 1 is 0.340 bits per heavy atom. The van der Waals surface area contributed by atoms with Gasteiger partial charge in [-0.15, -0.1) is 0 Å². The standard InChI is InChI=1S/C36H24Cl2O6S3/c37-27-17-21-29(22-18-27)45(39,40)33-15-7-13-31(25-9-3-1-4-10-25)35(33)47(43,44)36-32(26-11-5-2-6-12-26)14-8-16-34(36)46(41,42)30-23-19-28(38)20-24-30/h1-24H. The monoisotopic (exact) mass is 718 g/mol. The van der Waals surface area contributed by atoms with Crippen molar-refractivity contribution in [1.82, 2.24) is 0 Å². The van der Waals surface area contributed by atoms with E-state index in [0.29, 0.717) is 21.2 Å². The van der Waals surface area contributed by atoms with Crippen LogP contribution in [0.2, 0.25) is 10.0 Å². The summed E-state index contributed by atoms with van der Waals surface area (Å²) in [5.41, 5.74) is 0.994. The Hall–Kier alpha value is -4.25. The summed E-state index contributed by atoms with van der Waals surface area (Å²) < 4.78 is 87.8. The average Bonchev–Trinajstić information content (AvgIpc) is 3.08. The molecule has 0 heterocycles. The summed E-state index contributed by atoms with van der Waals surface area (Å²) in [4.78, 5) is -2.52. The first-order chi connectivity index (χ1) is 22.4. The molecule has 0 aliphatic rings. The Bertz CT molecular complexity index is 2260. The molecule has 0 fully saturated rings. The molecule has 0 saturated heterocycles. The number of sulfone groups is 3. The number of benzene rings is 6. The quantitative estimate of drug-likeness (QED) is 0.156. The van der Waals surface area contributed by atoms with Crippen LogP contribution >= 0.6 is 23.2 Å². The first kappa shape index (κ1) is 32.7. The van der Waals surface area contributed by atoms with E-state index in [1.807, 2.05) is 0 Å². The van der Waals surface area contributed by atoms with Crippen molar-refractivity contribution in [3.63, 3.8) is 0 Å². The Kier molecular flexibility index (Phi) is 8.86. The zero-order valence-corrected chi connectivity index (χ0v) is 28.2. The van der Waals surface area contributed by atoms with Gasteiger partial charge in [0, 0.05) is 21.2 Å². The van der Waals surface area contributed by atoms with Gasteiger partial charge < -0.3 is 0 Å². The number of rotatable bonds is 8. The van der Waals surface area contributed by atoms with Crippen LogP contribution in [0.4, 0.5) is 0 Å². The lowest BCUT2D eigenvalue weighted by molar-refractivity contribution is 0.578. The van der Waals surface area contributed by atoms with Crippen LogP contribution in [-0.4, -0.2) is 25.3 Å². The van der Waals surface area contributed by atoms with E-state index in [4.69, 9.17) is 23.2 Å². The molecule has 0 bridgehead atoms. The molecule has 6 nitrogen and oxygen atoms in total. The van der Waals surface area contributed by atoms with E-state index in [2.05, 4.69) is 0 Å². The van der Waals surface area contributed by atoms with Gasteiger partial charge in [0.15, 0.2) is 0 Å². The van der Waals surface area contributed by atoms with Crippen LogP contribution in [0.3, 0.4) is 0 Å². The third kappa shape index (κ3) is 6.13. The largest absolute Gasteiger partial charge is 0.218 e. The topological polar surface area (TPSA) is 102 Å². The molecular formula is C36H24Cl2O6S3. The fourth-order valence-corrected chi connectivity index (χ4v) is 11.4. The fourth-order valence-electron chi connectivity index (χ4n) is 5.28. The molecule has 11 heteroatoms. The molecule has 0 aliphatic heterocycles. The van der Waals surface area contributed by atoms with Gasteiger partial charge in [-0.1, -0.05) is 108 Å². The van der Waals surface area contributed by atoms with Crippen molar-refractivity contribution in [3.8, 4) is 22.3 Å². The second-order valence-corrected chi connectivity index (χ2v) is 16.9. The van der Waals surface area contributed by atoms with Crippen molar-refractivity contribution >= 4 is 52.7 Å². The van der Waals surface area contributed by atoms with Gasteiger partial charge in [-0.25, -0.2) is 25.3 Å². The number of hydrogen-bond donors (Lipinski definition) is 0. The maximum Gasteiger partial charge on any atom is 0.210 e. The molecule has 236 valence electrons. The van der Waals surface area contributed by atoms with Crippen molar-refractivity contribution in [2.75, 3.05) is 0 Å². The van der Waals surface area contributed by atoms with Crippen molar-refractivity contribution in [1.29, 1.82) is 0 Å². The van der Waals surface area contributed by atoms with Gasteiger partial charge >= 0.3 is 0 Å². The molecule has 6 rings (SSSR count). The molecule has 6 aromatic rings. The van der Waals surface area contributed by atoms with E-state index in [1.165, 1.54) is 84.9 Å². The van der Waals surface area contributed by atoms with Gasteiger partial charge in [0.25, 0.3) is 0 Å². The van der Waals surface area contributed by atoms with Crippen molar-refractivity contribution in [3.05, 3.63) is 156 Å². The van der Waals surface area contributed by atoms with Crippen LogP contribution in [0, 0.1) is 0 Å². The Morgan fingerprint density at radius 3 is 1.02 bits per heavy atom. The van der Waals surface area contributed by atoms with Gasteiger partial charge in [-0.3, -0.25) is 0 Å². The van der Waals surface area contributed by atoms with Gasteiger partial charge in [-0.2, -0.15) is 0 Å². The summed E-state index contributed by atoms with van der Waals surface area (Å²) in [5.74, 6) is 0. The fraction of sp³-hybridized carbons (Fsp3) is 0. The van der Waals surface area contributed by atoms with E-state index >= 15 is 8.42 Å². The Balaban J connectivity index is 1.75. The van der Waals surface area contributed by atoms with Crippen LogP contribution in [0.5, 0.6) is 0 Å². The van der Waals surface area contributed by atoms with Crippen molar-refractivity contribution in [2.45, 2.75) is 29.4 Å². The summed E-state index contributed by atoms with van der Waals surface area (Å²) in [6.45, 7) is 0. The summed E-state index contributed by atoms with van der Waals surface area (Å²) in [6, 6.07) is 36.0. The maximum atomic E-state index is 15.4. The van der Waals surface area contributed by atoms with Crippen LogP contribution in [0.15, 0.2) is 175 Å². The highest BCUT2D eigenvalue weighted by atomic mass is 35.5. The van der Waals surface area contributed by atoms with Gasteiger partial charge in [0.05, 0.1) is 29.4 Å². The number of hydrogen-bond acceptors (Lipinski definition) is 6. The van der Waals surface area contributed by atoms with E-state index in [-0.39, 0.29) is 20.9 Å². The van der Waals surface area contributed by atoms with Crippen molar-refractivity contribution in [2.24, 2.45) is 0 Å². The summed E-state index contributed by atoms with van der Waals surface area (Å²) in [5, 5.41) is 0.590. The molecule has 0 aromatic heterocycles. The highest BCUT2D eigenvalue weighted by Gasteiger charge is 2.38. The van der Waals surface area contributed by atoms with Crippen LogP contribution in [-0.2, 0) is 29.5 Å². The Morgan fingerprint density at radius 2 is 0.681 bits per heavy atom. The highest BCUT2D eigenvalue weighted by molar-refractivity contribution is 7.96. The summed E-state index contributed by atoms with van der Waals surface area (Å²) in [6.07, 6.45) is 0. The minimum atomic E-state index is -4.97. The average molecular weight is 720 g/mol. The molecule has 0 aliphatic carbocycles. The van der Waals surface area contributed by atoms with E-state index in [1.54, 1.807) is 60.7 Å². The molecule has 0 atom stereocenters. The summed E-state index contributed by atoms with van der Waals surface area (Å²) in [7, 11) is -14.0. The minimum Gasteiger partial charge on any atom is -0.218 e. The zero-order valence-electron chi connectivity index (χ0n) is 24.3. The molecule has 0 amide bonds. The van der Waals surface area contributed by atoms with E-state index in [9.17, 15) is 16.8 Å². The molecule has 0 spiro atoms. The third-order valence-corrected chi connectivity index (χ3v) is 13.8. The lowest BCUT2D eigenvalue weighted by Crippen LogP contribution is -2.16. The SMILES string of the molecule is O=S(=O)(c1ccc(Cl)cc1)c1cccc(-c2ccccc2)c1S(=O)(=O)c1c(-c2ccccc2)cccc1S(=O)(=O)c1ccc(Cl)cc1. The van der Waals surface area contributed by atoms with Gasteiger partial charge in [0.2, 0.25) is 29.5 Å². The molecular weight excluding hydrogens is 695 g/mol. The van der Waals surface area contributed by atoms with Crippen LogP contribution in [0.25, 0.3) is 22.3 Å². The molecule has 0 saturated carbocycles. The van der Waals surface area contributed by atoms with Crippen LogP contribution in [0.1, 0.15) is 0 Å². The molecule has 0 radical (unpaired) electrons. The van der Waals surface area contributed by atoms with Crippen molar-refractivity contribution < 1.29 is 25.3 Å². The van der Waals surface area contributed by atoms with Gasteiger partial charge in [-0.05, 0) is 71.8 Å². The number of halogens is 2. The van der Waals surface area contributed by atoms with E-state index in [0.717, 1.165) is 0 Å². The third-order valence-electron chi connectivity index (χ3n) is 7.49. The first-order valence-corrected chi connectivity index (χ1v) is 19.3. The maximum absolute atomic E-state index is 15.4. The molecule has 0 N–H and O–H groups in total. The lowest BCUT2D eigenvalue weighted by atomic mass is 10.1. The predicted molar refractivity (Wildman–Crippen MR) is 183 cm³/mol. The molecule has 0 unspecified atom stereocenters. The first-order valence-electron chi connectivity index (χ1n) is 14.1. The predicted octanol–water partition coefficient (Wildman–Crippen LogP) is 8.83. The summed E-state index contributed by atoms with van der Waals surface area (Å²) >= 11 is 12.1. The minimum absolute atomic E-state index is 0.0818. The molecule has 47 heavy (non-hydrogen) atoms. The second kappa shape index (κ2) is 12.7. The zero-order chi connectivity index (χ0) is 33.4. The normalized spacial score (nSPS) is 12.1. The van der Waals surface area contributed by atoms with E-state index < -0.39 is 49.1 Å². The smallest absolute Gasteiger partial charge is 0.210 e. The van der Waals surface area contributed by atoms with Crippen LogP contribution < -0.4 is 0 Å².